The second-order valence-electron chi connectivity index (χ2n) is 4.23. The molecule has 2 heterocycles. The van der Waals surface area contributed by atoms with Crippen molar-refractivity contribution in [1.29, 1.82) is 0 Å². The number of piperidine rings is 1. The molecule has 1 aromatic rings. The summed E-state index contributed by atoms with van der Waals surface area (Å²) in [4.78, 5) is 12.4. The molecule has 1 aliphatic heterocycles. The summed E-state index contributed by atoms with van der Waals surface area (Å²) in [7, 11) is 1.67. The van der Waals surface area contributed by atoms with Crippen LogP contribution in [0.3, 0.4) is 0 Å². The van der Waals surface area contributed by atoms with Crippen LogP contribution in [0.5, 0.6) is 0 Å². The second-order valence-corrected chi connectivity index (χ2v) is 4.23. The van der Waals surface area contributed by atoms with E-state index in [-0.39, 0.29) is 11.7 Å². The molecule has 0 saturated carbocycles. The number of methoxy groups -OCH3 is 1. The average molecular weight is 240 g/mol. The summed E-state index contributed by atoms with van der Waals surface area (Å²) in [5.74, 6) is 0. The SMILES string of the molecule is COCN1CCC[C@@H](n2cc([N+](=O)[O-])cn2)C1. The van der Waals surface area contributed by atoms with Crippen LogP contribution in [0.4, 0.5) is 5.69 Å². The standard InChI is InChI=1S/C10H16N4O3/c1-17-8-12-4-2-3-9(6-12)13-7-10(5-11-13)14(15)16/h5,7,9H,2-4,6,8H2,1H3/t9-/m1/s1. The van der Waals surface area contributed by atoms with Gasteiger partial charge in [0.25, 0.3) is 0 Å². The fraction of sp³-hybridized carbons (Fsp3) is 0.700. The first-order valence-electron chi connectivity index (χ1n) is 5.60. The zero-order valence-electron chi connectivity index (χ0n) is 9.78. The Balaban J connectivity index is 2.02. The molecule has 1 atom stereocenters. The first kappa shape index (κ1) is 12.0. The van der Waals surface area contributed by atoms with Gasteiger partial charge in [0, 0.05) is 20.2 Å². The van der Waals surface area contributed by atoms with Gasteiger partial charge in [0.1, 0.15) is 12.4 Å². The molecule has 0 spiro atoms. The van der Waals surface area contributed by atoms with Crippen molar-refractivity contribution in [2.75, 3.05) is 26.9 Å². The van der Waals surface area contributed by atoms with E-state index in [0.717, 1.165) is 25.9 Å². The quantitative estimate of drug-likeness (QED) is 0.580. The number of rotatable bonds is 4. The minimum absolute atomic E-state index is 0.0499. The van der Waals surface area contributed by atoms with E-state index in [2.05, 4.69) is 10.00 Å². The molecule has 7 heteroatoms. The van der Waals surface area contributed by atoms with Crippen molar-refractivity contribution in [3.05, 3.63) is 22.5 Å². The van der Waals surface area contributed by atoms with Crippen LogP contribution in [0.1, 0.15) is 18.9 Å². The fourth-order valence-corrected chi connectivity index (χ4v) is 2.17. The summed E-state index contributed by atoms with van der Waals surface area (Å²) >= 11 is 0. The lowest BCUT2D eigenvalue weighted by Crippen LogP contribution is -2.37. The van der Waals surface area contributed by atoms with Crippen LogP contribution in [-0.2, 0) is 4.74 Å². The third-order valence-corrected chi connectivity index (χ3v) is 2.97. The Hall–Kier alpha value is -1.47. The summed E-state index contributed by atoms with van der Waals surface area (Å²) in [5.41, 5.74) is 0.0499. The predicted octanol–water partition coefficient (Wildman–Crippen LogP) is 1.03. The van der Waals surface area contributed by atoms with Gasteiger partial charge < -0.3 is 4.74 Å². The minimum atomic E-state index is -0.417. The summed E-state index contributed by atoms with van der Waals surface area (Å²) in [6, 6.07) is 0.201. The average Bonchev–Trinajstić information content (AvgIpc) is 2.79. The molecular formula is C10H16N4O3. The maximum Gasteiger partial charge on any atom is 0.307 e. The van der Waals surface area contributed by atoms with E-state index < -0.39 is 4.92 Å². The number of hydrogen-bond donors (Lipinski definition) is 0. The molecule has 0 aliphatic carbocycles. The van der Waals surface area contributed by atoms with Gasteiger partial charge in [0.05, 0.1) is 17.7 Å². The molecule has 0 unspecified atom stereocenters. The smallest absolute Gasteiger partial charge is 0.307 e. The Morgan fingerprint density at radius 1 is 1.71 bits per heavy atom. The molecule has 7 nitrogen and oxygen atoms in total. The number of hydrogen-bond acceptors (Lipinski definition) is 5. The third kappa shape index (κ3) is 2.80. The molecule has 1 aliphatic rings. The number of ether oxygens (including phenoxy) is 1. The molecule has 1 aromatic heterocycles. The summed E-state index contributed by atoms with van der Waals surface area (Å²) < 4.78 is 6.79. The molecule has 17 heavy (non-hydrogen) atoms. The van der Waals surface area contributed by atoms with Crippen molar-refractivity contribution in [3.8, 4) is 0 Å². The zero-order valence-corrected chi connectivity index (χ0v) is 9.78. The van der Waals surface area contributed by atoms with E-state index in [1.165, 1.54) is 12.4 Å². The Labute approximate surface area is 99.1 Å². The Morgan fingerprint density at radius 3 is 3.18 bits per heavy atom. The van der Waals surface area contributed by atoms with E-state index >= 15 is 0 Å². The lowest BCUT2D eigenvalue weighted by molar-refractivity contribution is -0.385. The number of nitrogens with zero attached hydrogens (tertiary/aromatic N) is 4. The van der Waals surface area contributed by atoms with Crippen LogP contribution in [0.2, 0.25) is 0 Å². The molecule has 0 aromatic carbocycles. The van der Waals surface area contributed by atoms with Crippen LogP contribution in [-0.4, -0.2) is 46.5 Å². The highest BCUT2D eigenvalue weighted by molar-refractivity contribution is 5.21. The Bertz CT molecular complexity index is 391. The van der Waals surface area contributed by atoms with E-state index in [0.29, 0.717) is 6.73 Å². The second kappa shape index (κ2) is 5.24. The van der Waals surface area contributed by atoms with Gasteiger partial charge in [-0.2, -0.15) is 5.10 Å². The first-order chi connectivity index (χ1) is 8.20. The lowest BCUT2D eigenvalue weighted by atomic mass is 10.1. The number of likely N-dealkylation sites (tertiary alicyclic amines) is 1. The maximum absolute atomic E-state index is 10.6. The highest BCUT2D eigenvalue weighted by atomic mass is 16.6. The van der Waals surface area contributed by atoms with Crippen LogP contribution >= 0.6 is 0 Å². The number of aromatic nitrogens is 2. The molecule has 0 radical (unpaired) electrons. The molecule has 0 amide bonds. The highest BCUT2D eigenvalue weighted by Crippen LogP contribution is 2.22. The minimum Gasteiger partial charge on any atom is -0.369 e. The molecular weight excluding hydrogens is 224 g/mol. The van der Waals surface area contributed by atoms with E-state index in [1.807, 2.05) is 0 Å². The molecule has 1 saturated heterocycles. The maximum atomic E-state index is 10.6. The van der Waals surface area contributed by atoms with Crippen LogP contribution in [0, 0.1) is 10.1 Å². The van der Waals surface area contributed by atoms with Crippen molar-refractivity contribution in [2.45, 2.75) is 18.9 Å². The van der Waals surface area contributed by atoms with Gasteiger partial charge in [-0.05, 0) is 12.8 Å². The molecule has 0 bridgehead atoms. The number of nitro groups is 1. The summed E-state index contributed by atoms with van der Waals surface area (Å²) in [6.07, 6.45) is 4.86. The monoisotopic (exact) mass is 240 g/mol. The summed E-state index contributed by atoms with van der Waals surface area (Å²) in [5, 5.41) is 14.6. The molecule has 0 N–H and O–H groups in total. The van der Waals surface area contributed by atoms with Crippen molar-refractivity contribution in [2.24, 2.45) is 0 Å². The van der Waals surface area contributed by atoms with Crippen molar-refractivity contribution >= 4 is 5.69 Å². The first-order valence-corrected chi connectivity index (χ1v) is 5.60. The van der Waals surface area contributed by atoms with Crippen molar-refractivity contribution in [1.82, 2.24) is 14.7 Å². The van der Waals surface area contributed by atoms with Gasteiger partial charge in [-0.1, -0.05) is 0 Å². The fourth-order valence-electron chi connectivity index (χ4n) is 2.17. The largest absolute Gasteiger partial charge is 0.369 e. The molecule has 1 fully saturated rings. The van der Waals surface area contributed by atoms with Gasteiger partial charge in [-0.15, -0.1) is 0 Å². The van der Waals surface area contributed by atoms with Gasteiger partial charge in [0.2, 0.25) is 0 Å². The van der Waals surface area contributed by atoms with Gasteiger partial charge in [-0.3, -0.25) is 19.7 Å². The van der Waals surface area contributed by atoms with Crippen LogP contribution in [0.25, 0.3) is 0 Å². The lowest BCUT2D eigenvalue weighted by Gasteiger charge is -2.31. The van der Waals surface area contributed by atoms with Crippen molar-refractivity contribution < 1.29 is 9.66 Å². The molecule has 2 rings (SSSR count). The van der Waals surface area contributed by atoms with E-state index in [9.17, 15) is 10.1 Å². The van der Waals surface area contributed by atoms with Gasteiger partial charge in [-0.25, -0.2) is 0 Å². The highest BCUT2D eigenvalue weighted by Gasteiger charge is 2.23. The topological polar surface area (TPSA) is 73.4 Å². The van der Waals surface area contributed by atoms with Crippen molar-refractivity contribution in [3.63, 3.8) is 0 Å². The normalized spacial score (nSPS) is 21.6. The zero-order chi connectivity index (χ0) is 12.3. The van der Waals surface area contributed by atoms with Crippen LogP contribution in [0.15, 0.2) is 12.4 Å². The summed E-state index contributed by atoms with van der Waals surface area (Å²) in [6.45, 7) is 2.43. The molecule has 94 valence electrons. The Morgan fingerprint density at radius 2 is 2.53 bits per heavy atom. The predicted molar refractivity (Wildman–Crippen MR) is 60.6 cm³/mol. The van der Waals surface area contributed by atoms with Crippen LogP contribution < -0.4 is 0 Å². The Kier molecular flexibility index (Phi) is 3.70. The van der Waals surface area contributed by atoms with E-state index in [4.69, 9.17) is 4.74 Å². The van der Waals surface area contributed by atoms with E-state index in [1.54, 1.807) is 11.8 Å². The third-order valence-electron chi connectivity index (χ3n) is 2.97. The van der Waals surface area contributed by atoms with Gasteiger partial charge >= 0.3 is 5.69 Å². The van der Waals surface area contributed by atoms with Gasteiger partial charge in [0.15, 0.2) is 0 Å².